The van der Waals surface area contributed by atoms with Crippen LogP contribution in [-0.2, 0) is 9.53 Å². The van der Waals surface area contributed by atoms with Gasteiger partial charge in [0.1, 0.15) is 0 Å². The van der Waals surface area contributed by atoms with Crippen LogP contribution in [0.2, 0.25) is 0 Å². The summed E-state index contributed by atoms with van der Waals surface area (Å²) in [4.78, 5) is 18.3. The molecule has 5 nitrogen and oxygen atoms in total. The van der Waals surface area contributed by atoms with Crippen molar-refractivity contribution in [2.75, 3.05) is 33.8 Å². The van der Waals surface area contributed by atoms with Gasteiger partial charge in [-0.2, -0.15) is 0 Å². The molecule has 0 unspecified atom stereocenters. The molecule has 2 fully saturated rings. The number of esters is 1. The van der Waals surface area contributed by atoms with E-state index < -0.39 is 0 Å². The van der Waals surface area contributed by atoms with Gasteiger partial charge in [0, 0.05) is 26.7 Å². The molecular formula is C17H32IN3O2. The van der Waals surface area contributed by atoms with Crippen molar-refractivity contribution in [1.82, 2.24) is 10.2 Å². The molecule has 0 aromatic heterocycles. The number of aliphatic imine (C=N–C) groups is 1. The van der Waals surface area contributed by atoms with E-state index in [0.717, 1.165) is 38.4 Å². The number of methoxy groups -OCH3 is 1. The van der Waals surface area contributed by atoms with Crippen LogP contribution >= 0.6 is 24.0 Å². The molecule has 1 aliphatic carbocycles. The summed E-state index contributed by atoms with van der Waals surface area (Å²) in [6, 6.07) is 0. The number of rotatable bonds is 4. The molecule has 0 aromatic carbocycles. The number of likely N-dealkylation sites (tertiary alicyclic amines) is 1. The van der Waals surface area contributed by atoms with Crippen LogP contribution in [0.15, 0.2) is 4.99 Å². The van der Waals surface area contributed by atoms with Crippen LogP contribution < -0.4 is 5.32 Å². The summed E-state index contributed by atoms with van der Waals surface area (Å²) in [6.07, 6.45) is 8.33. The standard InChI is InChI=1S/C17H31N3O2.HI/c1-4-17(9-5-6-10-17)13-19-16(18-2)20-11-7-14(8-12-20)15(21)22-3;/h14H,4-13H2,1-3H3,(H,18,19);1H. The maximum absolute atomic E-state index is 11.6. The third-order valence-electron chi connectivity index (χ3n) is 5.58. The summed E-state index contributed by atoms with van der Waals surface area (Å²) in [5.41, 5.74) is 0.459. The summed E-state index contributed by atoms with van der Waals surface area (Å²) in [5, 5.41) is 3.59. The van der Waals surface area contributed by atoms with Gasteiger partial charge in [0.15, 0.2) is 5.96 Å². The number of piperidine rings is 1. The van der Waals surface area contributed by atoms with Crippen LogP contribution in [0.5, 0.6) is 0 Å². The molecule has 1 saturated carbocycles. The molecule has 1 N–H and O–H groups in total. The van der Waals surface area contributed by atoms with E-state index in [1.165, 1.54) is 39.2 Å². The average molecular weight is 437 g/mol. The number of carbonyl (C=O) groups excluding carboxylic acids is 1. The Labute approximate surface area is 157 Å². The van der Waals surface area contributed by atoms with E-state index in [2.05, 4.69) is 22.1 Å². The second-order valence-electron chi connectivity index (χ2n) is 6.75. The third-order valence-corrected chi connectivity index (χ3v) is 5.58. The van der Waals surface area contributed by atoms with Gasteiger partial charge < -0.3 is 15.0 Å². The molecule has 2 rings (SSSR count). The van der Waals surface area contributed by atoms with Gasteiger partial charge in [0.05, 0.1) is 13.0 Å². The van der Waals surface area contributed by atoms with E-state index in [4.69, 9.17) is 4.74 Å². The highest BCUT2D eigenvalue weighted by Gasteiger charge is 2.33. The van der Waals surface area contributed by atoms with Gasteiger partial charge in [-0.25, -0.2) is 0 Å². The Morgan fingerprint density at radius 2 is 1.91 bits per heavy atom. The molecule has 23 heavy (non-hydrogen) atoms. The fraction of sp³-hybridized carbons (Fsp3) is 0.882. The fourth-order valence-electron chi connectivity index (χ4n) is 3.87. The molecule has 1 heterocycles. The summed E-state index contributed by atoms with van der Waals surface area (Å²) in [6.45, 7) is 5.07. The van der Waals surface area contributed by atoms with E-state index in [0.29, 0.717) is 5.41 Å². The first-order valence-electron chi connectivity index (χ1n) is 8.67. The zero-order valence-corrected chi connectivity index (χ0v) is 17.1. The van der Waals surface area contributed by atoms with Crippen molar-refractivity contribution < 1.29 is 9.53 Å². The molecule has 0 atom stereocenters. The molecule has 0 radical (unpaired) electrons. The van der Waals surface area contributed by atoms with Gasteiger partial charge in [-0.3, -0.25) is 9.79 Å². The molecule has 1 saturated heterocycles. The number of guanidine groups is 1. The number of halogens is 1. The number of hydrogen-bond donors (Lipinski definition) is 1. The number of nitrogens with zero attached hydrogens (tertiary/aromatic N) is 2. The van der Waals surface area contributed by atoms with Gasteiger partial charge in [-0.05, 0) is 37.5 Å². The largest absolute Gasteiger partial charge is 0.469 e. The maximum Gasteiger partial charge on any atom is 0.308 e. The van der Waals surface area contributed by atoms with Crippen LogP contribution in [0.4, 0.5) is 0 Å². The Hall–Kier alpha value is -0.530. The van der Waals surface area contributed by atoms with Gasteiger partial charge in [0.25, 0.3) is 0 Å². The third kappa shape index (κ3) is 5.22. The molecule has 6 heteroatoms. The second kappa shape index (κ2) is 9.69. The van der Waals surface area contributed by atoms with Crippen molar-refractivity contribution in [1.29, 1.82) is 0 Å². The van der Waals surface area contributed by atoms with E-state index in [-0.39, 0.29) is 35.9 Å². The van der Waals surface area contributed by atoms with E-state index >= 15 is 0 Å². The van der Waals surface area contributed by atoms with Crippen molar-refractivity contribution in [3.63, 3.8) is 0 Å². The van der Waals surface area contributed by atoms with Crippen LogP contribution in [0.1, 0.15) is 51.9 Å². The molecule has 134 valence electrons. The Morgan fingerprint density at radius 3 is 2.39 bits per heavy atom. The van der Waals surface area contributed by atoms with Crippen molar-refractivity contribution in [3.8, 4) is 0 Å². The van der Waals surface area contributed by atoms with E-state index in [1.54, 1.807) is 0 Å². The predicted molar refractivity (Wildman–Crippen MR) is 104 cm³/mol. The van der Waals surface area contributed by atoms with Crippen LogP contribution in [-0.4, -0.2) is 50.6 Å². The Bertz CT molecular complexity index is 401. The van der Waals surface area contributed by atoms with Crippen LogP contribution in [0, 0.1) is 11.3 Å². The van der Waals surface area contributed by atoms with Crippen molar-refractivity contribution >= 4 is 35.9 Å². The van der Waals surface area contributed by atoms with Gasteiger partial charge in [-0.1, -0.05) is 19.8 Å². The molecule has 1 aliphatic heterocycles. The lowest BCUT2D eigenvalue weighted by Crippen LogP contribution is -2.49. The Kier molecular flexibility index (Phi) is 8.64. The fourth-order valence-corrected chi connectivity index (χ4v) is 3.87. The first-order chi connectivity index (χ1) is 10.6. The van der Waals surface area contributed by atoms with Crippen molar-refractivity contribution in [2.45, 2.75) is 51.9 Å². The maximum atomic E-state index is 11.6. The predicted octanol–water partition coefficient (Wildman–Crippen LogP) is 3.04. The Balaban J connectivity index is 0.00000264. The van der Waals surface area contributed by atoms with E-state index in [9.17, 15) is 4.79 Å². The molecule has 0 spiro atoms. The lowest BCUT2D eigenvalue weighted by molar-refractivity contribution is -0.146. The highest BCUT2D eigenvalue weighted by molar-refractivity contribution is 14.0. The molecular weight excluding hydrogens is 405 g/mol. The molecule has 0 aromatic rings. The first-order valence-corrected chi connectivity index (χ1v) is 8.67. The van der Waals surface area contributed by atoms with Crippen molar-refractivity contribution in [3.05, 3.63) is 0 Å². The minimum Gasteiger partial charge on any atom is -0.469 e. The number of ether oxygens (including phenoxy) is 1. The van der Waals surface area contributed by atoms with Gasteiger partial charge in [0.2, 0.25) is 0 Å². The van der Waals surface area contributed by atoms with E-state index in [1.807, 2.05) is 7.05 Å². The summed E-state index contributed by atoms with van der Waals surface area (Å²) in [7, 11) is 3.32. The lowest BCUT2D eigenvalue weighted by Gasteiger charge is -2.35. The quantitative estimate of drug-likeness (QED) is 0.318. The zero-order chi connectivity index (χ0) is 16.0. The minimum atomic E-state index is -0.0708. The molecule has 0 amide bonds. The van der Waals surface area contributed by atoms with Crippen molar-refractivity contribution in [2.24, 2.45) is 16.3 Å². The molecule has 2 aliphatic rings. The Morgan fingerprint density at radius 1 is 1.30 bits per heavy atom. The molecule has 0 bridgehead atoms. The monoisotopic (exact) mass is 437 g/mol. The smallest absolute Gasteiger partial charge is 0.308 e. The SMILES string of the molecule is CCC1(CNC(=NC)N2CCC(C(=O)OC)CC2)CCCC1.I. The van der Waals surface area contributed by atoms with Gasteiger partial charge >= 0.3 is 5.97 Å². The zero-order valence-electron chi connectivity index (χ0n) is 14.8. The summed E-state index contributed by atoms with van der Waals surface area (Å²) < 4.78 is 4.85. The summed E-state index contributed by atoms with van der Waals surface area (Å²) >= 11 is 0. The first kappa shape index (κ1) is 20.5. The topological polar surface area (TPSA) is 53.9 Å². The minimum absolute atomic E-state index is 0. The van der Waals surface area contributed by atoms with Crippen LogP contribution in [0.25, 0.3) is 0 Å². The number of hydrogen-bond acceptors (Lipinski definition) is 3. The average Bonchev–Trinajstić information content (AvgIpc) is 3.04. The second-order valence-corrected chi connectivity index (χ2v) is 6.75. The number of carbonyl (C=O) groups is 1. The van der Waals surface area contributed by atoms with Crippen LogP contribution in [0.3, 0.4) is 0 Å². The lowest BCUT2D eigenvalue weighted by atomic mass is 9.83. The van der Waals surface area contributed by atoms with Gasteiger partial charge in [-0.15, -0.1) is 24.0 Å². The normalized spacial score (nSPS) is 21.7. The highest BCUT2D eigenvalue weighted by Crippen LogP contribution is 2.40. The number of nitrogens with one attached hydrogen (secondary N) is 1. The summed E-state index contributed by atoms with van der Waals surface area (Å²) in [5.74, 6) is 0.970. The highest BCUT2D eigenvalue weighted by atomic mass is 127.